The van der Waals surface area contributed by atoms with Crippen LogP contribution < -0.4 is 0 Å². The summed E-state index contributed by atoms with van der Waals surface area (Å²) in [5.41, 5.74) is 0.192. The molecule has 0 aliphatic carbocycles. The second kappa shape index (κ2) is 5.54. The van der Waals surface area contributed by atoms with Gasteiger partial charge in [-0.2, -0.15) is 0 Å². The Labute approximate surface area is 115 Å². The van der Waals surface area contributed by atoms with E-state index in [1.165, 1.54) is 12.1 Å². The molecule has 1 saturated heterocycles. The quantitative estimate of drug-likeness (QED) is 0.673. The van der Waals surface area contributed by atoms with Crippen LogP contribution in [0.1, 0.15) is 12.5 Å². The summed E-state index contributed by atoms with van der Waals surface area (Å²) in [7, 11) is 0. The summed E-state index contributed by atoms with van der Waals surface area (Å²) in [6.45, 7) is 3.13. The van der Waals surface area contributed by atoms with Crippen molar-refractivity contribution in [2.45, 2.75) is 13.5 Å². The van der Waals surface area contributed by atoms with Crippen molar-refractivity contribution in [3.63, 3.8) is 0 Å². The molecule has 1 aliphatic heterocycles. The number of nitro groups is 1. The Bertz CT molecular complexity index is 549. The van der Waals surface area contributed by atoms with Crippen LogP contribution in [-0.4, -0.2) is 34.0 Å². The van der Waals surface area contributed by atoms with Crippen LogP contribution in [0.3, 0.4) is 0 Å². The molecule has 2 atom stereocenters. The van der Waals surface area contributed by atoms with E-state index in [-0.39, 0.29) is 11.6 Å². The van der Waals surface area contributed by atoms with E-state index in [4.69, 9.17) is 5.11 Å². The molecule has 1 aliphatic rings. The molecule has 0 amide bonds. The first-order chi connectivity index (χ1) is 9.36. The van der Waals surface area contributed by atoms with Crippen molar-refractivity contribution >= 4 is 11.7 Å². The number of nitro benzene ring substituents is 1. The largest absolute Gasteiger partial charge is 0.481 e. The van der Waals surface area contributed by atoms with Crippen molar-refractivity contribution in [1.82, 2.24) is 4.90 Å². The van der Waals surface area contributed by atoms with Crippen LogP contribution in [0.4, 0.5) is 10.1 Å². The molecule has 20 heavy (non-hydrogen) atoms. The molecule has 2 rings (SSSR count). The predicted octanol–water partition coefficient (Wildman–Crippen LogP) is 1.89. The van der Waals surface area contributed by atoms with Crippen LogP contribution >= 0.6 is 0 Å². The van der Waals surface area contributed by atoms with Gasteiger partial charge >= 0.3 is 5.97 Å². The molecule has 6 nitrogen and oxygen atoms in total. The fourth-order valence-electron chi connectivity index (χ4n) is 2.61. The van der Waals surface area contributed by atoms with Crippen molar-refractivity contribution < 1.29 is 19.2 Å². The zero-order valence-corrected chi connectivity index (χ0v) is 11.0. The van der Waals surface area contributed by atoms with Gasteiger partial charge in [0.25, 0.3) is 5.69 Å². The lowest BCUT2D eigenvalue weighted by atomic mass is 9.99. The van der Waals surface area contributed by atoms with E-state index in [9.17, 15) is 19.3 Å². The van der Waals surface area contributed by atoms with Gasteiger partial charge in [0.15, 0.2) is 0 Å². The zero-order valence-electron chi connectivity index (χ0n) is 11.0. The molecule has 1 aromatic rings. The zero-order chi connectivity index (χ0) is 14.9. The average Bonchev–Trinajstić information content (AvgIpc) is 2.69. The Morgan fingerprint density at radius 1 is 1.50 bits per heavy atom. The molecular weight excluding hydrogens is 267 g/mol. The number of benzene rings is 1. The monoisotopic (exact) mass is 282 g/mol. The molecule has 1 aromatic carbocycles. The lowest BCUT2D eigenvalue weighted by molar-refractivity contribution is -0.385. The number of nitrogens with zero attached hydrogens (tertiary/aromatic N) is 2. The molecule has 1 fully saturated rings. The second-order valence-corrected chi connectivity index (χ2v) is 5.19. The lowest BCUT2D eigenvalue weighted by Gasteiger charge is -2.15. The summed E-state index contributed by atoms with van der Waals surface area (Å²) in [6, 6.07) is 3.43. The van der Waals surface area contributed by atoms with Crippen LogP contribution in [0.25, 0.3) is 0 Å². The minimum atomic E-state index is -0.842. The van der Waals surface area contributed by atoms with Gasteiger partial charge in [-0.3, -0.25) is 19.8 Å². The predicted molar refractivity (Wildman–Crippen MR) is 68.6 cm³/mol. The maximum atomic E-state index is 13.3. The summed E-state index contributed by atoms with van der Waals surface area (Å²) in [4.78, 5) is 23.0. The third kappa shape index (κ3) is 3.11. The number of carboxylic acid groups (broad SMARTS) is 1. The molecular formula is C13H15FN2O4. The van der Waals surface area contributed by atoms with Gasteiger partial charge in [0.2, 0.25) is 0 Å². The van der Waals surface area contributed by atoms with Crippen molar-refractivity contribution in [2.24, 2.45) is 11.8 Å². The summed E-state index contributed by atoms with van der Waals surface area (Å²) >= 11 is 0. The number of carbonyl (C=O) groups is 1. The van der Waals surface area contributed by atoms with E-state index in [0.717, 1.165) is 6.07 Å². The number of hydrogen-bond acceptors (Lipinski definition) is 4. The first-order valence-electron chi connectivity index (χ1n) is 6.26. The Morgan fingerprint density at radius 2 is 2.20 bits per heavy atom. The van der Waals surface area contributed by atoms with Gasteiger partial charge in [-0.1, -0.05) is 6.92 Å². The minimum absolute atomic E-state index is 0.0102. The molecule has 7 heteroatoms. The summed E-state index contributed by atoms with van der Waals surface area (Å²) < 4.78 is 13.3. The maximum Gasteiger partial charge on any atom is 0.308 e. The highest BCUT2D eigenvalue weighted by molar-refractivity contribution is 5.71. The molecule has 0 bridgehead atoms. The highest BCUT2D eigenvalue weighted by atomic mass is 19.1. The number of carboxylic acids is 1. The van der Waals surface area contributed by atoms with Crippen LogP contribution in [0.5, 0.6) is 0 Å². The number of rotatable bonds is 4. The molecule has 0 unspecified atom stereocenters. The lowest BCUT2D eigenvalue weighted by Crippen LogP contribution is -2.23. The third-order valence-corrected chi connectivity index (χ3v) is 3.56. The molecule has 0 aromatic heterocycles. The van der Waals surface area contributed by atoms with Gasteiger partial charge in [0.1, 0.15) is 5.82 Å². The van der Waals surface area contributed by atoms with Gasteiger partial charge in [-0.15, -0.1) is 0 Å². The molecule has 1 N–H and O–H groups in total. The smallest absolute Gasteiger partial charge is 0.308 e. The van der Waals surface area contributed by atoms with E-state index >= 15 is 0 Å². The first kappa shape index (κ1) is 14.4. The van der Waals surface area contributed by atoms with Gasteiger partial charge < -0.3 is 5.11 Å². The van der Waals surface area contributed by atoms with Crippen LogP contribution in [0.2, 0.25) is 0 Å². The highest BCUT2D eigenvalue weighted by Crippen LogP contribution is 2.26. The molecule has 0 radical (unpaired) electrons. The molecule has 108 valence electrons. The molecule has 0 spiro atoms. The maximum absolute atomic E-state index is 13.3. The Morgan fingerprint density at radius 3 is 2.75 bits per heavy atom. The fraction of sp³-hybridized carbons (Fsp3) is 0.462. The third-order valence-electron chi connectivity index (χ3n) is 3.56. The Balaban J connectivity index is 2.11. The number of non-ortho nitro benzene ring substituents is 1. The van der Waals surface area contributed by atoms with Gasteiger partial charge in [-0.05, 0) is 17.5 Å². The summed E-state index contributed by atoms with van der Waals surface area (Å²) in [5, 5.41) is 19.7. The normalized spacial score (nSPS) is 22.9. The number of likely N-dealkylation sites (tertiary alicyclic amines) is 1. The first-order valence-corrected chi connectivity index (χ1v) is 6.26. The van der Waals surface area contributed by atoms with Crippen molar-refractivity contribution in [3.05, 3.63) is 39.7 Å². The Kier molecular flexibility index (Phi) is 3.99. The van der Waals surface area contributed by atoms with Gasteiger partial charge in [0.05, 0.1) is 16.9 Å². The van der Waals surface area contributed by atoms with E-state index in [2.05, 4.69) is 0 Å². The molecule has 0 saturated carbocycles. The summed E-state index contributed by atoms with van der Waals surface area (Å²) in [5.74, 6) is -1.93. The van der Waals surface area contributed by atoms with Crippen LogP contribution in [-0.2, 0) is 11.3 Å². The SMILES string of the molecule is C[C@@H]1CN(Cc2cc(F)cc([N+](=O)[O-])c2)C[C@H]1C(=O)O. The van der Waals surface area contributed by atoms with Crippen molar-refractivity contribution in [1.29, 1.82) is 0 Å². The van der Waals surface area contributed by atoms with E-state index in [0.29, 0.717) is 25.2 Å². The van der Waals surface area contributed by atoms with E-state index < -0.39 is 22.6 Å². The van der Waals surface area contributed by atoms with E-state index in [1.807, 2.05) is 11.8 Å². The van der Waals surface area contributed by atoms with Gasteiger partial charge in [-0.25, -0.2) is 4.39 Å². The number of aliphatic carboxylic acids is 1. The van der Waals surface area contributed by atoms with Crippen molar-refractivity contribution in [2.75, 3.05) is 13.1 Å². The van der Waals surface area contributed by atoms with Gasteiger partial charge in [0, 0.05) is 25.7 Å². The standard InChI is InChI=1S/C13H15FN2O4/c1-8-5-15(7-12(8)13(17)18)6-9-2-10(14)4-11(3-9)16(19)20/h2-4,8,12H,5-7H2,1H3,(H,17,18)/t8-,12-/m1/s1. The average molecular weight is 282 g/mol. The van der Waals surface area contributed by atoms with Crippen LogP contribution in [0, 0.1) is 27.8 Å². The Hall–Kier alpha value is -2.02. The fourth-order valence-corrected chi connectivity index (χ4v) is 2.61. The second-order valence-electron chi connectivity index (χ2n) is 5.19. The summed E-state index contributed by atoms with van der Waals surface area (Å²) in [6.07, 6.45) is 0. The number of hydrogen-bond donors (Lipinski definition) is 1. The minimum Gasteiger partial charge on any atom is -0.481 e. The van der Waals surface area contributed by atoms with Crippen molar-refractivity contribution in [3.8, 4) is 0 Å². The number of halogens is 1. The topological polar surface area (TPSA) is 83.7 Å². The van der Waals surface area contributed by atoms with E-state index in [1.54, 1.807) is 0 Å². The van der Waals surface area contributed by atoms with Crippen LogP contribution in [0.15, 0.2) is 18.2 Å². The highest BCUT2D eigenvalue weighted by Gasteiger charge is 2.34. The molecule has 1 heterocycles.